The molecular formula is C24H24N2O5. The van der Waals surface area contributed by atoms with E-state index >= 15 is 0 Å². The third kappa shape index (κ3) is 3.44. The first-order valence-corrected chi connectivity index (χ1v) is 10.7. The molecular weight excluding hydrogens is 396 g/mol. The standard InChI is InChI=1S/C24H24N2O5/c27-22(26-10-9-21(26)23(28)29)14-11-15(12-14)25-24(30)31-13-20-18-7-3-1-5-16(18)17-6-2-4-8-19(17)20/h1-8,14-15,20-21H,9-13H2,(H,25,30)(H,28,29). The van der Waals surface area contributed by atoms with Crippen LogP contribution in [-0.2, 0) is 14.3 Å². The van der Waals surface area contributed by atoms with E-state index in [2.05, 4.69) is 29.6 Å². The molecule has 2 aliphatic carbocycles. The molecule has 2 aromatic rings. The fourth-order valence-electron chi connectivity index (χ4n) is 4.89. The largest absolute Gasteiger partial charge is 0.480 e. The lowest BCUT2D eigenvalue weighted by atomic mass is 9.78. The van der Waals surface area contributed by atoms with E-state index < -0.39 is 18.1 Å². The Morgan fingerprint density at radius 3 is 2.16 bits per heavy atom. The van der Waals surface area contributed by atoms with Crippen LogP contribution in [0.4, 0.5) is 4.79 Å². The molecule has 0 radical (unpaired) electrons. The summed E-state index contributed by atoms with van der Waals surface area (Å²) in [4.78, 5) is 37.3. The van der Waals surface area contributed by atoms with Crippen molar-refractivity contribution in [2.24, 2.45) is 5.92 Å². The van der Waals surface area contributed by atoms with Gasteiger partial charge in [0.2, 0.25) is 5.91 Å². The van der Waals surface area contributed by atoms with Crippen molar-refractivity contribution in [3.05, 3.63) is 59.7 Å². The summed E-state index contributed by atoms with van der Waals surface area (Å²) in [6.07, 6.45) is 1.07. The number of likely N-dealkylation sites (tertiary alicyclic amines) is 1. The normalized spacial score (nSPS) is 23.7. The predicted octanol–water partition coefficient (Wildman–Crippen LogP) is 2.99. The van der Waals surface area contributed by atoms with Crippen molar-refractivity contribution >= 4 is 18.0 Å². The highest BCUT2D eigenvalue weighted by Gasteiger charge is 2.44. The Bertz CT molecular complexity index is 1000. The van der Waals surface area contributed by atoms with Crippen molar-refractivity contribution < 1.29 is 24.2 Å². The fourth-order valence-corrected chi connectivity index (χ4v) is 4.89. The summed E-state index contributed by atoms with van der Waals surface area (Å²) in [5.41, 5.74) is 4.68. The van der Waals surface area contributed by atoms with E-state index in [9.17, 15) is 14.4 Å². The molecule has 7 heteroatoms. The number of alkyl carbamates (subject to hydrolysis) is 1. The second-order valence-corrected chi connectivity index (χ2v) is 8.51. The molecule has 1 saturated heterocycles. The smallest absolute Gasteiger partial charge is 0.407 e. The number of hydrogen-bond acceptors (Lipinski definition) is 4. The van der Waals surface area contributed by atoms with Crippen LogP contribution in [0.2, 0.25) is 0 Å². The highest BCUT2D eigenvalue weighted by molar-refractivity contribution is 5.87. The molecule has 1 aliphatic heterocycles. The summed E-state index contributed by atoms with van der Waals surface area (Å²) in [6.45, 7) is 0.750. The lowest BCUT2D eigenvalue weighted by Crippen LogP contribution is -2.59. The number of benzene rings is 2. The van der Waals surface area contributed by atoms with Gasteiger partial charge in [0.15, 0.2) is 0 Å². The number of rotatable bonds is 5. The van der Waals surface area contributed by atoms with Crippen molar-refractivity contribution in [1.29, 1.82) is 0 Å². The van der Waals surface area contributed by atoms with Crippen LogP contribution in [0.25, 0.3) is 11.1 Å². The van der Waals surface area contributed by atoms with Crippen LogP contribution in [0, 0.1) is 5.92 Å². The zero-order chi connectivity index (χ0) is 21.5. The van der Waals surface area contributed by atoms with E-state index in [4.69, 9.17) is 9.84 Å². The van der Waals surface area contributed by atoms with E-state index in [1.807, 2.05) is 24.3 Å². The highest BCUT2D eigenvalue weighted by Crippen LogP contribution is 2.44. The number of hydrogen-bond donors (Lipinski definition) is 2. The first-order chi connectivity index (χ1) is 15.0. The molecule has 1 atom stereocenters. The topological polar surface area (TPSA) is 95.9 Å². The first-order valence-electron chi connectivity index (χ1n) is 10.7. The number of nitrogens with zero attached hydrogens (tertiary/aromatic N) is 1. The fraction of sp³-hybridized carbons (Fsp3) is 0.375. The number of aliphatic carboxylic acids is 1. The van der Waals surface area contributed by atoms with Crippen molar-refractivity contribution in [2.75, 3.05) is 13.2 Å². The Labute approximate surface area is 180 Å². The van der Waals surface area contributed by atoms with Gasteiger partial charge in [0.1, 0.15) is 12.6 Å². The van der Waals surface area contributed by atoms with Gasteiger partial charge in [0.05, 0.1) is 0 Å². The summed E-state index contributed by atoms with van der Waals surface area (Å²) in [5, 5.41) is 11.9. The summed E-state index contributed by atoms with van der Waals surface area (Å²) in [5.74, 6) is -1.29. The van der Waals surface area contributed by atoms with Gasteiger partial charge in [0.25, 0.3) is 0 Å². The molecule has 1 unspecified atom stereocenters. The van der Waals surface area contributed by atoms with Crippen LogP contribution >= 0.6 is 0 Å². The Morgan fingerprint density at radius 2 is 1.61 bits per heavy atom. The van der Waals surface area contributed by atoms with Crippen molar-refractivity contribution in [3.8, 4) is 11.1 Å². The molecule has 1 saturated carbocycles. The third-order valence-electron chi connectivity index (χ3n) is 6.74. The van der Waals surface area contributed by atoms with E-state index in [0.717, 1.165) is 11.1 Å². The summed E-state index contributed by atoms with van der Waals surface area (Å²) in [6, 6.07) is 15.5. The second kappa shape index (κ2) is 7.72. The van der Waals surface area contributed by atoms with Gasteiger partial charge in [-0.1, -0.05) is 48.5 Å². The highest BCUT2D eigenvalue weighted by atomic mass is 16.5. The average Bonchev–Trinajstić information content (AvgIpc) is 3.01. The number of carboxylic acids is 1. The Morgan fingerprint density at radius 1 is 1.00 bits per heavy atom. The van der Waals surface area contributed by atoms with Crippen LogP contribution in [0.5, 0.6) is 0 Å². The number of ether oxygens (including phenoxy) is 1. The predicted molar refractivity (Wildman–Crippen MR) is 112 cm³/mol. The molecule has 160 valence electrons. The van der Waals surface area contributed by atoms with E-state index in [1.54, 1.807) is 0 Å². The minimum Gasteiger partial charge on any atom is -0.480 e. The Hall–Kier alpha value is -3.35. The SMILES string of the molecule is O=C(NC1CC(C(=O)N2CCC2C(=O)O)C1)OCC1c2ccccc2-c2ccccc21. The summed E-state index contributed by atoms with van der Waals surface area (Å²) in [7, 11) is 0. The molecule has 2 amide bonds. The summed E-state index contributed by atoms with van der Waals surface area (Å²) < 4.78 is 5.55. The van der Waals surface area contributed by atoms with Crippen molar-refractivity contribution in [1.82, 2.24) is 10.2 Å². The third-order valence-corrected chi connectivity index (χ3v) is 6.74. The zero-order valence-corrected chi connectivity index (χ0v) is 17.0. The van der Waals surface area contributed by atoms with E-state index in [-0.39, 0.29) is 30.4 Å². The maximum Gasteiger partial charge on any atom is 0.407 e. The minimum atomic E-state index is -0.952. The van der Waals surface area contributed by atoms with Gasteiger partial charge >= 0.3 is 12.1 Å². The molecule has 0 spiro atoms. The first kappa shape index (κ1) is 19.6. The molecule has 2 aromatic carbocycles. The molecule has 3 aliphatic rings. The zero-order valence-electron chi connectivity index (χ0n) is 17.0. The quantitative estimate of drug-likeness (QED) is 0.775. The molecule has 31 heavy (non-hydrogen) atoms. The monoisotopic (exact) mass is 420 g/mol. The summed E-state index contributed by atoms with van der Waals surface area (Å²) >= 11 is 0. The van der Waals surface area contributed by atoms with Crippen LogP contribution in [-0.4, -0.2) is 53.2 Å². The van der Waals surface area contributed by atoms with Crippen molar-refractivity contribution in [3.63, 3.8) is 0 Å². The molecule has 0 bridgehead atoms. The number of carbonyl (C=O) groups is 3. The Balaban J connectivity index is 1.13. The van der Waals surface area contributed by atoms with Crippen LogP contribution < -0.4 is 5.32 Å². The molecule has 0 aromatic heterocycles. The molecule has 2 fully saturated rings. The number of amides is 2. The van der Waals surface area contributed by atoms with Gasteiger partial charge in [-0.2, -0.15) is 0 Å². The van der Waals surface area contributed by atoms with Crippen LogP contribution in [0.15, 0.2) is 48.5 Å². The van der Waals surface area contributed by atoms with Gasteiger partial charge in [0, 0.05) is 24.4 Å². The van der Waals surface area contributed by atoms with Crippen LogP contribution in [0.1, 0.15) is 36.3 Å². The van der Waals surface area contributed by atoms with E-state index in [1.165, 1.54) is 16.0 Å². The molecule has 5 rings (SSSR count). The number of carboxylic acid groups (broad SMARTS) is 1. The lowest BCUT2D eigenvalue weighted by Gasteiger charge is -2.44. The lowest BCUT2D eigenvalue weighted by molar-refractivity contribution is -0.161. The minimum absolute atomic E-state index is 0.00763. The van der Waals surface area contributed by atoms with E-state index in [0.29, 0.717) is 25.8 Å². The number of fused-ring (bicyclic) bond motifs is 3. The van der Waals surface area contributed by atoms with Crippen molar-refractivity contribution in [2.45, 2.75) is 37.3 Å². The van der Waals surface area contributed by atoms with Gasteiger partial charge in [-0.15, -0.1) is 0 Å². The van der Waals surface area contributed by atoms with Gasteiger partial charge in [-0.3, -0.25) is 4.79 Å². The second-order valence-electron chi connectivity index (χ2n) is 8.51. The molecule has 2 N–H and O–H groups in total. The average molecular weight is 420 g/mol. The number of carbonyl (C=O) groups excluding carboxylic acids is 2. The van der Waals surface area contributed by atoms with Gasteiger partial charge in [-0.05, 0) is 41.5 Å². The molecule has 7 nitrogen and oxygen atoms in total. The maximum absolute atomic E-state index is 12.4. The Kier molecular flexibility index (Phi) is 4.88. The number of nitrogens with one attached hydrogen (secondary N) is 1. The van der Waals surface area contributed by atoms with Gasteiger partial charge in [-0.25, -0.2) is 9.59 Å². The van der Waals surface area contributed by atoms with Gasteiger partial charge < -0.3 is 20.1 Å². The maximum atomic E-state index is 12.4. The molecule has 1 heterocycles. The van der Waals surface area contributed by atoms with Crippen LogP contribution in [0.3, 0.4) is 0 Å².